The van der Waals surface area contributed by atoms with Gasteiger partial charge in [0.1, 0.15) is 0 Å². The van der Waals surface area contributed by atoms with E-state index in [1.54, 1.807) is 0 Å². The van der Waals surface area contributed by atoms with E-state index in [4.69, 9.17) is 23.2 Å². The van der Waals surface area contributed by atoms with Crippen molar-refractivity contribution in [3.63, 3.8) is 0 Å². The van der Waals surface area contributed by atoms with Gasteiger partial charge in [0.05, 0.1) is 10.0 Å². The van der Waals surface area contributed by atoms with Gasteiger partial charge in [0.15, 0.2) is 0 Å². The van der Waals surface area contributed by atoms with Crippen LogP contribution >= 0.6 is 35.0 Å². The number of hydrogen-bond donors (Lipinski definition) is 1. The molecule has 0 aromatic heterocycles. The van der Waals surface area contributed by atoms with Crippen molar-refractivity contribution in [2.45, 2.75) is 19.3 Å². The largest absolute Gasteiger partial charge is 0.366 e. The van der Waals surface area contributed by atoms with Crippen molar-refractivity contribution in [1.82, 2.24) is 5.32 Å². The van der Waals surface area contributed by atoms with Crippen LogP contribution < -0.4 is 10.2 Å². The van der Waals surface area contributed by atoms with Gasteiger partial charge in [-0.15, -0.1) is 11.8 Å². The molecule has 2 unspecified atom stereocenters. The maximum Gasteiger partial charge on any atom is 0.0612 e. The maximum absolute atomic E-state index is 6.23. The van der Waals surface area contributed by atoms with E-state index in [2.05, 4.69) is 53.5 Å². The lowest BCUT2D eigenvalue weighted by molar-refractivity contribution is 0.487. The van der Waals surface area contributed by atoms with Crippen molar-refractivity contribution in [3.8, 4) is 0 Å². The molecule has 28 heavy (non-hydrogen) atoms. The minimum atomic E-state index is 0.572. The van der Waals surface area contributed by atoms with Crippen molar-refractivity contribution >= 4 is 46.7 Å². The second-order valence-corrected chi connectivity index (χ2v) is 9.69. The third-order valence-corrected chi connectivity index (χ3v) is 7.62. The summed E-state index contributed by atoms with van der Waals surface area (Å²) in [6, 6.07) is 14.8. The molecule has 1 N–H and O–H groups in total. The van der Waals surface area contributed by atoms with Gasteiger partial charge in [-0.25, -0.2) is 0 Å². The molecule has 2 nitrogen and oxygen atoms in total. The summed E-state index contributed by atoms with van der Waals surface area (Å²) in [7, 11) is 0. The molecule has 148 valence electrons. The van der Waals surface area contributed by atoms with E-state index in [1.165, 1.54) is 22.5 Å². The van der Waals surface area contributed by atoms with Crippen LogP contribution in [0.5, 0.6) is 0 Å². The molecule has 2 fully saturated rings. The van der Waals surface area contributed by atoms with Crippen LogP contribution in [0, 0.1) is 5.92 Å². The maximum atomic E-state index is 6.23. The quantitative estimate of drug-likeness (QED) is 0.609. The Morgan fingerprint density at radius 1 is 1.18 bits per heavy atom. The summed E-state index contributed by atoms with van der Waals surface area (Å²) in [6.07, 6.45) is 3.66. The van der Waals surface area contributed by atoms with E-state index in [0.717, 1.165) is 43.5 Å². The smallest absolute Gasteiger partial charge is 0.0612 e. The van der Waals surface area contributed by atoms with Gasteiger partial charge in [0.25, 0.3) is 0 Å². The predicted octanol–water partition coefficient (Wildman–Crippen LogP) is 6.30. The lowest BCUT2D eigenvalue weighted by atomic mass is 9.84. The summed E-state index contributed by atoms with van der Waals surface area (Å²) >= 11 is 14.3. The summed E-state index contributed by atoms with van der Waals surface area (Å²) in [6.45, 7) is 6.59. The van der Waals surface area contributed by atoms with Gasteiger partial charge in [0, 0.05) is 29.4 Å². The Bertz CT molecular complexity index is 861. The molecule has 5 heteroatoms. The van der Waals surface area contributed by atoms with Crippen LogP contribution in [0.2, 0.25) is 10.0 Å². The molecular weight excluding hydrogens is 407 g/mol. The lowest BCUT2D eigenvalue weighted by Crippen LogP contribution is -2.31. The zero-order valence-electron chi connectivity index (χ0n) is 16.1. The average Bonchev–Trinajstić information content (AvgIpc) is 3.25. The van der Waals surface area contributed by atoms with Crippen LogP contribution in [0.3, 0.4) is 0 Å². The third-order valence-electron chi connectivity index (χ3n) is 5.87. The number of hydrogen-bond acceptors (Lipinski definition) is 3. The van der Waals surface area contributed by atoms with Crippen LogP contribution in [0.4, 0.5) is 5.69 Å². The Kier molecular flexibility index (Phi) is 6.57. The molecule has 0 radical (unpaired) electrons. The van der Waals surface area contributed by atoms with Gasteiger partial charge in [-0.3, -0.25) is 0 Å². The molecule has 0 spiro atoms. The average molecular weight is 433 g/mol. The molecule has 0 aliphatic carbocycles. The molecule has 2 aliphatic heterocycles. The summed E-state index contributed by atoms with van der Waals surface area (Å²) in [5, 5.41) is 4.74. The van der Waals surface area contributed by atoms with Gasteiger partial charge in [0.2, 0.25) is 0 Å². The van der Waals surface area contributed by atoms with Gasteiger partial charge < -0.3 is 10.2 Å². The minimum absolute atomic E-state index is 0.572. The number of rotatable bonds is 4. The highest BCUT2D eigenvalue weighted by atomic mass is 35.5. The van der Waals surface area contributed by atoms with Crippen LogP contribution in [0.1, 0.15) is 30.4 Å². The van der Waals surface area contributed by atoms with Crippen LogP contribution in [0.25, 0.3) is 6.08 Å². The zero-order chi connectivity index (χ0) is 19.5. The predicted molar refractivity (Wildman–Crippen MR) is 125 cm³/mol. The Balaban J connectivity index is 1.56. The molecule has 4 rings (SSSR count). The SMILES string of the molecule is CC(c1ccccc1C=C1CN(c2ccc(Cl)c(Cl)c2)CCS1)C1CCNC1. The van der Waals surface area contributed by atoms with E-state index in [9.17, 15) is 0 Å². The fraction of sp³-hybridized carbons (Fsp3) is 0.391. The Hall–Kier alpha value is -1.13. The van der Waals surface area contributed by atoms with E-state index < -0.39 is 0 Å². The van der Waals surface area contributed by atoms with E-state index in [0.29, 0.717) is 16.0 Å². The fourth-order valence-electron chi connectivity index (χ4n) is 4.18. The number of nitrogens with one attached hydrogen (secondary N) is 1. The van der Waals surface area contributed by atoms with E-state index in [-0.39, 0.29) is 0 Å². The van der Waals surface area contributed by atoms with Gasteiger partial charge >= 0.3 is 0 Å². The first-order chi connectivity index (χ1) is 13.6. The monoisotopic (exact) mass is 432 g/mol. The van der Waals surface area contributed by atoms with Crippen molar-refractivity contribution in [1.29, 1.82) is 0 Å². The van der Waals surface area contributed by atoms with E-state index in [1.807, 2.05) is 23.9 Å². The summed E-state index contributed by atoms with van der Waals surface area (Å²) in [5.41, 5.74) is 3.97. The number of halogens is 2. The first-order valence-corrected chi connectivity index (χ1v) is 11.7. The van der Waals surface area contributed by atoms with Crippen molar-refractivity contribution in [3.05, 3.63) is 68.5 Å². The molecule has 0 saturated carbocycles. The number of anilines is 1. The highest BCUT2D eigenvalue weighted by Crippen LogP contribution is 2.35. The first kappa shape index (κ1) is 20.2. The number of thioether (sulfide) groups is 1. The Morgan fingerprint density at radius 2 is 2.04 bits per heavy atom. The molecule has 2 aromatic carbocycles. The van der Waals surface area contributed by atoms with Gasteiger partial charge in [-0.1, -0.05) is 54.4 Å². The molecular formula is C23H26Cl2N2S. The Morgan fingerprint density at radius 3 is 2.82 bits per heavy atom. The lowest BCUT2D eigenvalue weighted by Gasteiger charge is -2.31. The first-order valence-electron chi connectivity index (χ1n) is 9.95. The van der Waals surface area contributed by atoms with Crippen molar-refractivity contribution in [2.24, 2.45) is 5.92 Å². The summed E-state index contributed by atoms with van der Waals surface area (Å²) in [4.78, 5) is 3.79. The molecule has 2 aromatic rings. The fourth-order valence-corrected chi connectivity index (χ4v) is 5.50. The van der Waals surface area contributed by atoms with Crippen LogP contribution in [-0.4, -0.2) is 31.9 Å². The molecule has 2 aliphatic rings. The second kappa shape index (κ2) is 9.13. The minimum Gasteiger partial charge on any atom is -0.366 e. The summed E-state index contributed by atoms with van der Waals surface area (Å²) < 4.78 is 0. The standard InChI is InChI=1S/C23H26Cl2N2S/c1-16(18-8-9-26-14-18)21-5-3-2-4-17(21)12-20-15-27(10-11-28-20)19-6-7-22(24)23(25)13-19/h2-7,12-13,16,18,26H,8-11,14-15H2,1H3. The highest BCUT2D eigenvalue weighted by Gasteiger charge is 2.24. The zero-order valence-corrected chi connectivity index (χ0v) is 18.5. The third kappa shape index (κ3) is 4.54. The topological polar surface area (TPSA) is 15.3 Å². The molecule has 2 heterocycles. The van der Waals surface area contributed by atoms with Gasteiger partial charge in [-0.05, 0) is 66.7 Å². The Labute approximate surface area is 182 Å². The van der Waals surface area contributed by atoms with Gasteiger partial charge in [-0.2, -0.15) is 0 Å². The number of nitrogens with zero attached hydrogens (tertiary/aromatic N) is 1. The van der Waals surface area contributed by atoms with Crippen molar-refractivity contribution in [2.75, 3.05) is 36.8 Å². The van der Waals surface area contributed by atoms with Crippen LogP contribution in [-0.2, 0) is 0 Å². The second-order valence-electron chi connectivity index (χ2n) is 7.65. The molecule has 0 bridgehead atoms. The van der Waals surface area contributed by atoms with Crippen LogP contribution in [0.15, 0.2) is 47.4 Å². The summed E-state index contributed by atoms with van der Waals surface area (Å²) in [5.74, 6) is 2.38. The molecule has 2 atom stereocenters. The molecule has 2 saturated heterocycles. The highest BCUT2D eigenvalue weighted by molar-refractivity contribution is 8.03. The number of benzene rings is 2. The molecule has 0 amide bonds. The van der Waals surface area contributed by atoms with E-state index >= 15 is 0 Å². The normalized spacial score (nSPS) is 22.6. The van der Waals surface area contributed by atoms with Crippen molar-refractivity contribution < 1.29 is 0 Å².